The monoisotopic (exact) mass is 417 g/mol. The number of hydrogen-bond acceptors (Lipinski definition) is 5. The summed E-state index contributed by atoms with van der Waals surface area (Å²) in [4.78, 5) is 24.4. The van der Waals surface area contributed by atoms with E-state index in [1.165, 1.54) is 6.07 Å². The third kappa shape index (κ3) is 4.23. The highest BCUT2D eigenvalue weighted by Crippen LogP contribution is 2.31. The molecule has 0 aliphatic rings. The Morgan fingerprint density at radius 1 is 1.21 bits per heavy atom. The fourth-order valence-electron chi connectivity index (χ4n) is 3.70. The van der Waals surface area contributed by atoms with Gasteiger partial charge < -0.3 is 18.5 Å². The summed E-state index contributed by atoms with van der Waals surface area (Å²) in [5.41, 5.74) is 3.14. The Balaban J connectivity index is 1.83. The number of aryl methyl sites for hydroxylation is 2. The van der Waals surface area contributed by atoms with Gasteiger partial charge in [-0.05, 0) is 45.4 Å². The molecule has 0 saturated carbocycles. The number of Topliss-reactive ketones (excluding diaryl/α,β-unsaturated/α-hetero) is 1. The zero-order chi connectivity index (χ0) is 21.3. The minimum atomic E-state index is -0.447. The third-order valence-electron chi connectivity index (χ3n) is 5.00. The molecule has 0 fully saturated rings. The summed E-state index contributed by atoms with van der Waals surface area (Å²) in [6.45, 7) is 8.09. The number of benzene rings is 1. The molecular weight excluding hydrogens is 394 g/mol. The normalized spacial score (nSPS) is 12.3. The molecule has 1 atom stereocenters. The van der Waals surface area contributed by atoms with Crippen molar-refractivity contribution in [3.63, 3.8) is 0 Å². The first kappa shape index (κ1) is 21.1. The van der Waals surface area contributed by atoms with Crippen LogP contribution < -0.4 is 10.4 Å². The van der Waals surface area contributed by atoms with Crippen LogP contribution in [0.25, 0.3) is 11.0 Å². The lowest BCUT2D eigenvalue weighted by molar-refractivity contribution is 0.0920. The number of carbonyl (C=O) groups excluding carboxylic acids is 1. The fourth-order valence-corrected chi connectivity index (χ4v) is 3.92. The Labute approximate surface area is 174 Å². The van der Waals surface area contributed by atoms with E-state index in [4.69, 9.17) is 25.5 Å². The lowest BCUT2D eigenvalue weighted by atomic mass is 10.1. The molecule has 0 aliphatic carbocycles. The molecule has 154 valence electrons. The molecule has 29 heavy (non-hydrogen) atoms. The molecule has 2 heterocycles. The first-order valence-electron chi connectivity index (χ1n) is 9.30. The number of halogens is 1. The second-order valence-corrected chi connectivity index (χ2v) is 7.61. The van der Waals surface area contributed by atoms with Crippen LogP contribution in [0.4, 0.5) is 0 Å². The van der Waals surface area contributed by atoms with Crippen molar-refractivity contribution in [2.45, 2.75) is 33.7 Å². The van der Waals surface area contributed by atoms with Crippen molar-refractivity contribution < 1.29 is 18.7 Å². The maximum atomic E-state index is 12.8. The number of nitrogens with zero attached hydrogens (tertiary/aromatic N) is 1. The lowest BCUT2D eigenvalue weighted by Gasteiger charge is -2.17. The van der Waals surface area contributed by atoms with Gasteiger partial charge in [-0.25, -0.2) is 4.79 Å². The standard InChI is InChI=1S/C22H24ClNO5/c1-12-6-22(26)29-20-9-21(18(23)8-16(12)20)28-11-19(25)17-7-13(2)24(15(17)4)14(3)10-27-5/h6-9,14H,10-11H2,1-5H3/t14-/m0/s1. The maximum Gasteiger partial charge on any atom is 0.336 e. The van der Waals surface area contributed by atoms with E-state index in [1.54, 1.807) is 26.2 Å². The topological polar surface area (TPSA) is 70.7 Å². The van der Waals surface area contributed by atoms with Crippen molar-refractivity contribution in [3.8, 4) is 5.75 Å². The van der Waals surface area contributed by atoms with E-state index in [0.29, 0.717) is 28.5 Å². The molecule has 1 aromatic carbocycles. The summed E-state index contributed by atoms with van der Waals surface area (Å²) in [5, 5.41) is 1.07. The molecule has 0 N–H and O–H groups in total. The number of hydrogen-bond donors (Lipinski definition) is 0. The van der Waals surface area contributed by atoms with Crippen LogP contribution in [0.3, 0.4) is 0 Å². The molecular formula is C22H24ClNO5. The van der Waals surface area contributed by atoms with E-state index in [2.05, 4.69) is 4.57 Å². The summed E-state index contributed by atoms with van der Waals surface area (Å²) in [6, 6.07) is 6.60. The van der Waals surface area contributed by atoms with Crippen LogP contribution in [0.1, 0.15) is 40.3 Å². The van der Waals surface area contributed by atoms with Gasteiger partial charge in [-0.3, -0.25) is 4.79 Å². The van der Waals surface area contributed by atoms with Gasteiger partial charge in [0.1, 0.15) is 11.3 Å². The van der Waals surface area contributed by atoms with Gasteiger partial charge >= 0.3 is 5.63 Å². The summed E-state index contributed by atoms with van der Waals surface area (Å²) < 4.78 is 18.2. The quantitative estimate of drug-likeness (QED) is 0.413. The molecule has 3 aromatic rings. The van der Waals surface area contributed by atoms with Gasteiger partial charge in [0.25, 0.3) is 0 Å². The zero-order valence-electron chi connectivity index (χ0n) is 17.2. The highest BCUT2D eigenvalue weighted by molar-refractivity contribution is 6.32. The van der Waals surface area contributed by atoms with Crippen LogP contribution in [0.5, 0.6) is 5.75 Å². The maximum absolute atomic E-state index is 12.8. The Morgan fingerprint density at radius 2 is 1.93 bits per heavy atom. The number of ether oxygens (including phenoxy) is 2. The van der Waals surface area contributed by atoms with Crippen LogP contribution in [-0.2, 0) is 4.74 Å². The molecule has 6 nitrogen and oxygen atoms in total. The molecule has 3 rings (SSSR count). The molecule has 0 bridgehead atoms. The van der Waals surface area contributed by atoms with E-state index in [9.17, 15) is 9.59 Å². The van der Waals surface area contributed by atoms with Crippen LogP contribution in [0.15, 0.2) is 33.5 Å². The van der Waals surface area contributed by atoms with E-state index in [0.717, 1.165) is 22.3 Å². The van der Waals surface area contributed by atoms with Gasteiger partial charge in [0, 0.05) is 41.6 Å². The highest BCUT2D eigenvalue weighted by Gasteiger charge is 2.20. The first-order valence-corrected chi connectivity index (χ1v) is 9.68. The van der Waals surface area contributed by atoms with Crippen molar-refractivity contribution in [3.05, 3.63) is 62.2 Å². The largest absolute Gasteiger partial charge is 0.484 e. The summed E-state index contributed by atoms with van der Waals surface area (Å²) in [6.07, 6.45) is 0. The molecule has 0 unspecified atom stereocenters. The van der Waals surface area contributed by atoms with Gasteiger partial charge in [0.15, 0.2) is 6.61 Å². The predicted octanol–water partition coefficient (Wildman–Crippen LogP) is 4.64. The van der Waals surface area contributed by atoms with Gasteiger partial charge in [0.05, 0.1) is 17.7 Å². The number of rotatable bonds is 7. The van der Waals surface area contributed by atoms with Crippen molar-refractivity contribution in [2.24, 2.45) is 0 Å². The van der Waals surface area contributed by atoms with Crippen molar-refractivity contribution >= 4 is 28.4 Å². The van der Waals surface area contributed by atoms with Gasteiger partial charge in [-0.1, -0.05) is 11.6 Å². The second-order valence-electron chi connectivity index (χ2n) is 7.20. The lowest BCUT2D eigenvalue weighted by Crippen LogP contribution is -2.16. The predicted molar refractivity (Wildman–Crippen MR) is 113 cm³/mol. The van der Waals surface area contributed by atoms with E-state index >= 15 is 0 Å². The Kier molecular flexibility index (Phi) is 6.15. The SMILES string of the molecule is COC[C@H](C)n1c(C)cc(C(=O)COc2cc3oc(=O)cc(C)c3cc2Cl)c1C. The van der Waals surface area contributed by atoms with Crippen LogP contribution in [0.2, 0.25) is 5.02 Å². The minimum absolute atomic E-state index is 0.114. The number of aromatic nitrogens is 1. The first-order chi connectivity index (χ1) is 13.7. The Bertz CT molecular complexity index is 1130. The van der Waals surface area contributed by atoms with E-state index in [1.807, 2.05) is 26.8 Å². The van der Waals surface area contributed by atoms with Crippen LogP contribution in [0, 0.1) is 20.8 Å². The summed E-state index contributed by atoms with van der Waals surface area (Å²) >= 11 is 6.31. The molecule has 7 heteroatoms. The average molecular weight is 418 g/mol. The van der Waals surface area contributed by atoms with E-state index < -0.39 is 5.63 Å². The Hall–Kier alpha value is -2.57. The molecule has 0 aliphatic heterocycles. The average Bonchev–Trinajstić information content (AvgIpc) is 2.95. The molecule has 0 saturated heterocycles. The number of fused-ring (bicyclic) bond motifs is 1. The zero-order valence-corrected chi connectivity index (χ0v) is 17.9. The fraction of sp³-hybridized carbons (Fsp3) is 0.364. The van der Waals surface area contributed by atoms with Crippen molar-refractivity contribution in [2.75, 3.05) is 20.3 Å². The van der Waals surface area contributed by atoms with Crippen LogP contribution >= 0.6 is 11.6 Å². The van der Waals surface area contributed by atoms with Crippen LogP contribution in [-0.4, -0.2) is 30.7 Å². The molecule has 2 aromatic heterocycles. The van der Waals surface area contributed by atoms with Gasteiger partial charge in [-0.15, -0.1) is 0 Å². The summed E-state index contributed by atoms with van der Waals surface area (Å²) in [5.74, 6) is 0.138. The summed E-state index contributed by atoms with van der Waals surface area (Å²) in [7, 11) is 1.65. The number of carbonyl (C=O) groups is 1. The highest BCUT2D eigenvalue weighted by atomic mass is 35.5. The Morgan fingerprint density at radius 3 is 2.62 bits per heavy atom. The smallest absolute Gasteiger partial charge is 0.336 e. The van der Waals surface area contributed by atoms with Crippen molar-refractivity contribution in [1.82, 2.24) is 4.57 Å². The second kappa shape index (κ2) is 8.43. The van der Waals surface area contributed by atoms with E-state index in [-0.39, 0.29) is 18.4 Å². The molecule has 0 radical (unpaired) electrons. The molecule has 0 spiro atoms. The third-order valence-corrected chi connectivity index (χ3v) is 5.29. The number of ketones is 1. The van der Waals surface area contributed by atoms with Gasteiger partial charge in [-0.2, -0.15) is 0 Å². The van der Waals surface area contributed by atoms with Crippen molar-refractivity contribution in [1.29, 1.82) is 0 Å². The number of methoxy groups -OCH3 is 1. The minimum Gasteiger partial charge on any atom is -0.484 e. The van der Waals surface area contributed by atoms with Gasteiger partial charge in [0.2, 0.25) is 5.78 Å². The molecule has 0 amide bonds.